The first kappa shape index (κ1) is 14.3. The maximum Gasteiger partial charge on any atom is 0.407 e. The summed E-state index contributed by atoms with van der Waals surface area (Å²) in [6, 6.07) is 0. The van der Waals surface area contributed by atoms with E-state index >= 15 is 0 Å². The van der Waals surface area contributed by atoms with Gasteiger partial charge in [-0.2, -0.15) is 0 Å². The quantitative estimate of drug-likeness (QED) is 0.791. The van der Waals surface area contributed by atoms with Crippen LogP contribution in [-0.4, -0.2) is 29.9 Å². The van der Waals surface area contributed by atoms with Gasteiger partial charge in [0.05, 0.1) is 5.88 Å². The summed E-state index contributed by atoms with van der Waals surface area (Å²) in [7, 11) is 0. The normalized spacial score (nSPS) is 18.1. The van der Waals surface area contributed by atoms with Crippen LogP contribution in [0, 0.1) is 5.41 Å². The molecule has 1 aliphatic carbocycles. The number of carbonyl (C=O) groups excluding carboxylic acids is 2. The molecule has 0 bridgehead atoms. The van der Waals surface area contributed by atoms with Crippen LogP contribution in [0.25, 0.3) is 0 Å². The van der Waals surface area contributed by atoms with Gasteiger partial charge in [0.15, 0.2) is 5.78 Å². The summed E-state index contributed by atoms with van der Waals surface area (Å²) in [6.45, 7) is 5.73. The molecule has 0 spiro atoms. The third kappa shape index (κ3) is 3.87. The third-order valence-corrected chi connectivity index (χ3v) is 3.24. The first-order chi connectivity index (χ1) is 7.79. The second-order valence-corrected chi connectivity index (χ2v) is 5.81. The highest BCUT2D eigenvalue weighted by Gasteiger charge is 2.43. The number of amides is 1. The van der Waals surface area contributed by atoms with Crippen molar-refractivity contribution in [1.29, 1.82) is 0 Å². The Balaban J connectivity index is 2.44. The van der Waals surface area contributed by atoms with E-state index in [1.165, 1.54) is 0 Å². The number of alkyl carbamates (subject to hydrolysis) is 1. The van der Waals surface area contributed by atoms with Gasteiger partial charge in [-0.15, -0.1) is 11.6 Å². The molecule has 1 fully saturated rings. The molecule has 1 rings (SSSR count). The molecule has 5 heteroatoms. The van der Waals surface area contributed by atoms with Gasteiger partial charge in [0.2, 0.25) is 0 Å². The van der Waals surface area contributed by atoms with E-state index in [1.807, 2.05) is 0 Å². The molecular formula is C12H20ClNO3. The topological polar surface area (TPSA) is 55.4 Å². The van der Waals surface area contributed by atoms with Gasteiger partial charge in [-0.25, -0.2) is 4.79 Å². The van der Waals surface area contributed by atoms with Gasteiger partial charge in [0.25, 0.3) is 0 Å². The molecule has 1 aliphatic rings. The first-order valence-corrected chi connectivity index (χ1v) is 6.39. The number of rotatable bonds is 4. The highest BCUT2D eigenvalue weighted by molar-refractivity contribution is 6.28. The lowest BCUT2D eigenvalue weighted by molar-refractivity contribution is -0.130. The fraction of sp³-hybridized carbons (Fsp3) is 0.833. The molecule has 0 aromatic carbocycles. The van der Waals surface area contributed by atoms with Crippen LogP contribution in [0.4, 0.5) is 4.79 Å². The summed E-state index contributed by atoms with van der Waals surface area (Å²) < 4.78 is 5.12. The van der Waals surface area contributed by atoms with Gasteiger partial charge in [-0.05, 0) is 33.6 Å². The van der Waals surface area contributed by atoms with Gasteiger partial charge >= 0.3 is 6.09 Å². The van der Waals surface area contributed by atoms with Gasteiger partial charge in [0.1, 0.15) is 5.60 Å². The molecular weight excluding hydrogens is 242 g/mol. The van der Waals surface area contributed by atoms with Crippen molar-refractivity contribution < 1.29 is 14.3 Å². The van der Waals surface area contributed by atoms with Gasteiger partial charge in [0, 0.05) is 12.0 Å². The van der Waals surface area contributed by atoms with Crippen molar-refractivity contribution in [1.82, 2.24) is 5.32 Å². The molecule has 1 amide bonds. The van der Waals surface area contributed by atoms with Crippen LogP contribution >= 0.6 is 11.6 Å². The van der Waals surface area contributed by atoms with E-state index in [2.05, 4.69) is 5.32 Å². The average molecular weight is 262 g/mol. The lowest BCUT2D eigenvalue weighted by Crippen LogP contribution is -2.49. The Morgan fingerprint density at radius 2 is 1.94 bits per heavy atom. The second kappa shape index (κ2) is 5.25. The Kier molecular flexibility index (Phi) is 4.42. The minimum Gasteiger partial charge on any atom is -0.444 e. The zero-order chi connectivity index (χ0) is 13.1. The molecule has 1 N–H and O–H groups in total. The monoisotopic (exact) mass is 261 g/mol. The Morgan fingerprint density at radius 3 is 2.29 bits per heavy atom. The van der Waals surface area contributed by atoms with Crippen LogP contribution in [0.15, 0.2) is 0 Å². The van der Waals surface area contributed by atoms with Crippen LogP contribution in [0.2, 0.25) is 0 Å². The van der Waals surface area contributed by atoms with E-state index in [4.69, 9.17) is 16.3 Å². The number of Topliss-reactive ketones (excluding diaryl/α,β-unsaturated/α-hetero) is 1. The molecule has 0 heterocycles. The fourth-order valence-corrected chi connectivity index (χ4v) is 2.14. The summed E-state index contributed by atoms with van der Waals surface area (Å²) in [5.74, 6) is 0.0252. The SMILES string of the molecule is CC(C)(C)OC(=O)NCC1(C(=O)CCl)CCC1. The van der Waals surface area contributed by atoms with E-state index in [-0.39, 0.29) is 11.7 Å². The Labute approximate surface area is 107 Å². The third-order valence-electron chi connectivity index (χ3n) is 2.99. The zero-order valence-electron chi connectivity index (χ0n) is 10.6. The Bertz CT molecular complexity index is 305. The predicted octanol–water partition coefficient (Wildman–Crippen LogP) is 2.49. The molecule has 0 atom stereocenters. The summed E-state index contributed by atoms with van der Waals surface area (Å²) in [6.07, 6.45) is 2.13. The maximum absolute atomic E-state index is 11.7. The minimum absolute atomic E-state index is 0.00992. The van der Waals surface area contributed by atoms with E-state index in [0.717, 1.165) is 19.3 Å². The molecule has 17 heavy (non-hydrogen) atoms. The molecule has 98 valence electrons. The van der Waals surface area contributed by atoms with Crippen molar-refractivity contribution in [2.24, 2.45) is 5.41 Å². The van der Waals surface area contributed by atoms with Crippen molar-refractivity contribution in [3.8, 4) is 0 Å². The number of alkyl halides is 1. The Morgan fingerprint density at radius 1 is 1.35 bits per heavy atom. The van der Waals surface area contributed by atoms with Crippen molar-refractivity contribution >= 4 is 23.5 Å². The van der Waals surface area contributed by atoms with Crippen LogP contribution < -0.4 is 5.32 Å². The summed E-state index contributed by atoms with van der Waals surface area (Å²) >= 11 is 5.58. The largest absolute Gasteiger partial charge is 0.444 e. The molecule has 0 radical (unpaired) electrons. The number of ketones is 1. The second-order valence-electron chi connectivity index (χ2n) is 5.55. The van der Waals surface area contributed by atoms with Crippen LogP contribution in [0.5, 0.6) is 0 Å². The zero-order valence-corrected chi connectivity index (χ0v) is 11.4. The van der Waals surface area contributed by atoms with Crippen molar-refractivity contribution in [2.75, 3.05) is 12.4 Å². The number of nitrogens with one attached hydrogen (secondary N) is 1. The number of ether oxygens (including phenoxy) is 1. The van der Waals surface area contributed by atoms with Crippen LogP contribution in [0.1, 0.15) is 40.0 Å². The van der Waals surface area contributed by atoms with Gasteiger partial charge in [-0.3, -0.25) is 4.79 Å². The smallest absolute Gasteiger partial charge is 0.407 e. The predicted molar refractivity (Wildman–Crippen MR) is 66.2 cm³/mol. The van der Waals surface area contributed by atoms with Crippen molar-refractivity contribution in [3.63, 3.8) is 0 Å². The highest BCUT2D eigenvalue weighted by Crippen LogP contribution is 2.41. The van der Waals surface area contributed by atoms with Gasteiger partial charge in [-0.1, -0.05) is 6.42 Å². The van der Waals surface area contributed by atoms with E-state index in [0.29, 0.717) is 6.54 Å². The maximum atomic E-state index is 11.7. The standard InChI is InChI=1S/C12H20ClNO3/c1-11(2,3)17-10(16)14-8-12(5-4-6-12)9(15)7-13/h4-8H2,1-3H3,(H,14,16). The number of hydrogen-bond donors (Lipinski definition) is 1. The Hall–Kier alpha value is -0.770. The summed E-state index contributed by atoms with van der Waals surface area (Å²) in [5, 5.41) is 2.66. The fourth-order valence-electron chi connectivity index (χ4n) is 1.86. The number of halogens is 1. The molecule has 4 nitrogen and oxygen atoms in total. The lowest BCUT2D eigenvalue weighted by Gasteiger charge is -2.40. The van der Waals surface area contributed by atoms with Crippen molar-refractivity contribution in [3.05, 3.63) is 0 Å². The molecule has 0 aromatic rings. The number of hydrogen-bond acceptors (Lipinski definition) is 3. The summed E-state index contributed by atoms with van der Waals surface area (Å²) in [4.78, 5) is 23.2. The molecule has 0 aromatic heterocycles. The first-order valence-electron chi connectivity index (χ1n) is 5.85. The van der Waals surface area contributed by atoms with Crippen molar-refractivity contribution in [2.45, 2.75) is 45.6 Å². The summed E-state index contributed by atoms with van der Waals surface area (Å²) in [5.41, 5.74) is -0.966. The average Bonchev–Trinajstić information content (AvgIpc) is 2.12. The molecule has 1 saturated carbocycles. The lowest BCUT2D eigenvalue weighted by atomic mass is 9.66. The minimum atomic E-state index is -0.520. The van der Waals surface area contributed by atoms with Gasteiger partial charge < -0.3 is 10.1 Å². The van der Waals surface area contributed by atoms with Crippen LogP contribution in [-0.2, 0) is 9.53 Å². The molecule has 0 aliphatic heterocycles. The highest BCUT2D eigenvalue weighted by atomic mass is 35.5. The van der Waals surface area contributed by atoms with E-state index in [9.17, 15) is 9.59 Å². The van der Waals surface area contributed by atoms with E-state index < -0.39 is 17.1 Å². The molecule has 0 saturated heterocycles. The van der Waals surface area contributed by atoms with Crippen LogP contribution in [0.3, 0.4) is 0 Å². The molecule has 0 unspecified atom stereocenters. The number of carbonyl (C=O) groups is 2. The van der Waals surface area contributed by atoms with E-state index in [1.54, 1.807) is 20.8 Å².